The zero-order chi connectivity index (χ0) is 16.5. The molecule has 122 valence electrons. The van der Waals surface area contributed by atoms with Gasteiger partial charge < -0.3 is 15.7 Å². The number of amides is 2. The highest BCUT2D eigenvalue weighted by Crippen LogP contribution is 2.16. The van der Waals surface area contributed by atoms with Crippen molar-refractivity contribution in [1.29, 1.82) is 0 Å². The van der Waals surface area contributed by atoms with Crippen LogP contribution in [0.5, 0.6) is 0 Å². The van der Waals surface area contributed by atoms with Gasteiger partial charge in [0.05, 0.1) is 16.7 Å². The van der Waals surface area contributed by atoms with E-state index in [-0.39, 0.29) is 29.5 Å². The highest BCUT2D eigenvalue weighted by Gasteiger charge is 2.11. The van der Waals surface area contributed by atoms with Gasteiger partial charge in [0.15, 0.2) is 0 Å². The Morgan fingerprint density at radius 2 is 2.05 bits per heavy atom. The van der Waals surface area contributed by atoms with Crippen molar-refractivity contribution in [2.45, 2.75) is 32.3 Å². The van der Waals surface area contributed by atoms with Crippen LogP contribution in [0.2, 0.25) is 5.02 Å². The second kappa shape index (κ2) is 9.38. The molecule has 0 spiro atoms. The molecule has 0 aliphatic rings. The minimum atomic E-state index is -0.518. The van der Waals surface area contributed by atoms with Gasteiger partial charge in [-0.05, 0) is 31.0 Å². The van der Waals surface area contributed by atoms with E-state index in [2.05, 4.69) is 10.6 Å². The molecule has 0 aliphatic carbocycles. The van der Waals surface area contributed by atoms with E-state index >= 15 is 0 Å². The summed E-state index contributed by atoms with van der Waals surface area (Å²) < 4.78 is 12.9. The molecule has 0 saturated heterocycles. The number of halogens is 2. The van der Waals surface area contributed by atoms with Crippen LogP contribution in [0.25, 0.3) is 0 Å². The third-order valence-corrected chi connectivity index (χ3v) is 3.40. The zero-order valence-electron chi connectivity index (χ0n) is 12.4. The molecule has 1 atom stereocenters. The lowest BCUT2D eigenvalue weighted by Gasteiger charge is -2.09. The summed E-state index contributed by atoms with van der Waals surface area (Å²) in [6.45, 7) is 2.41. The number of rotatable bonds is 8. The summed E-state index contributed by atoms with van der Waals surface area (Å²) in [6.07, 6.45) is 0.845. The lowest BCUT2D eigenvalue weighted by molar-refractivity contribution is -0.121. The lowest BCUT2D eigenvalue weighted by Crippen LogP contribution is -2.32. The Hall–Kier alpha value is -1.66. The predicted octanol–water partition coefficient (Wildman–Crippen LogP) is 1.88. The first-order valence-electron chi connectivity index (χ1n) is 7.12. The fourth-order valence-electron chi connectivity index (χ4n) is 1.73. The van der Waals surface area contributed by atoms with Gasteiger partial charge in [-0.2, -0.15) is 0 Å². The number of benzene rings is 1. The largest absolute Gasteiger partial charge is 0.393 e. The SMILES string of the molecule is CCC(O)CCNC(=O)CCNC(=O)c1ccc(F)cc1Cl. The van der Waals surface area contributed by atoms with Crippen LogP contribution in [0.3, 0.4) is 0 Å². The van der Waals surface area contributed by atoms with Gasteiger partial charge in [-0.25, -0.2) is 4.39 Å². The van der Waals surface area contributed by atoms with Crippen molar-refractivity contribution in [2.24, 2.45) is 0 Å². The molecule has 5 nitrogen and oxygen atoms in total. The number of carbonyl (C=O) groups is 2. The Kier molecular flexibility index (Phi) is 7.84. The van der Waals surface area contributed by atoms with Gasteiger partial charge in [0.2, 0.25) is 5.91 Å². The second-order valence-corrected chi connectivity index (χ2v) is 5.24. The molecule has 0 heterocycles. The summed E-state index contributed by atoms with van der Waals surface area (Å²) in [7, 11) is 0. The Morgan fingerprint density at radius 1 is 1.32 bits per heavy atom. The summed E-state index contributed by atoms with van der Waals surface area (Å²) in [4.78, 5) is 23.3. The number of aliphatic hydroxyl groups is 1. The first-order chi connectivity index (χ1) is 10.4. The van der Waals surface area contributed by atoms with Crippen LogP contribution < -0.4 is 10.6 Å². The van der Waals surface area contributed by atoms with Crippen molar-refractivity contribution in [3.8, 4) is 0 Å². The number of carbonyl (C=O) groups excluding carboxylic acids is 2. The van der Waals surface area contributed by atoms with Gasteiger partial charge in [-0.15, -0.1) is 0 Å². The average Bonchev–Trinajstić information content (AvgIpc) is 2.46. The van der Waals surface area contributed by atoms with Gasteiger partial charge in [-0.3, -0.25) is 9.59 Å². The third kappa shape index (κ3) is 6.41. The standard InChI is InChI=1S/C15H20ClFN2O3/c1-2-11(20)5-7-18-14(21)6-8-19-15(22)12-4-3-10(17)9-13(12)16/h3-4,9,11,20H,2,5-8H2,1H3,(H,18,21)(H,19,22). The van der Waals surface area contributed by atoms with Crippen LogP contribution in [0.1, 0.15) is 36.5 Å². The monoisotopic (exact) mass is 330 g/mol. The number of hydrogen-bond donors (Lipinski definition) is 3. The molecule has 1 rings (SSSR count). The first kappa shape index (κ1) is 18.4. The fraction of sp³-hybridized carbons (Fsp3) is 0.467. The van der Waals surface area contributed by atoms with Crippen LogP contribution in [0.4, 0.5) is 4.39 Å². The van der Waals surface area contributed by atoms with Crippen molar-refractivity contribution in [2.75, 3.05) is 13.1 Å². The maximum Gasteiger partial charge on any atom is 0.252 e. The van der Waals surface area contributed by atoms with E-state index in [9.17, 15) is 19.1 Å². The minimum Gasteiger partial charge on any atom is -0.393 e. The Morgan fingerprint density at radius 3 is 2.68 bits per heavy atom. The molecule has 0 radical (unpaired) electrons. The molecule has 1 unspecified atom stereocenters. The Bertz CT molecular complexity index is 526. The van der Waals surface area contributed by atoms with E-state index in [1.807, 2.05) is 6.92 Å². The summed E-state index contributed by atoms with van der Waals surface area (Å²) in [5.41, 5.74) is 0.162. The molecule has 7 heteroatoms. The summed E-state index contributed by atoms with van der Waals surface area (Å²) in [6, 6.07) is 3.49. The maximum atomic E-state index is 12.9. The van der Waals surface area contributed by atoms with Crippen LogP contribution in [-0.2, 0) is 4.79 Å². The molecule has 1 aromatic carbocycles. The van der Waals surface area contributed by atoms with Gasteiger partial charge in [0.25, 0.3) is 5.91 Å². The van der Waals surface area contributed by atoms with Crippen molar-refractivity contribution in [1.82, 2.24) is 10.6 Å². The quantitative estimate of drug-likeness (QED) is 0.681. The lowest BCUT2D eigenvalue weighted by atomic mass is 10.2. The predicted molar refractivity (Wildman–Crippen MR) is 82.3 cm³/mol. The number of aliphatic hydroxyl groups excluding tert-OH is 1. The van der Waals surface area contributed by atoms with Crippen molar-refractivity contribution in [3.63, 3.8) is 0 Å². The summed E-state index contributed by atoms with van der Waals surface area (Å²) in [5, 5.41) is 14.6. The highest BCUT2D eigenvalue weighted by molar-refractivity contribution is 6.33. The average molecular weight is 331 g/mol. The molecule has 22 heavy (non-hydrogen) atoms. The molecule has 1 aromatic rings. The van der Waals surface area contributed by atoms with E-state index in [1.165, 1.54) is 6.07 Å². The highest BCUT2D eigenvalue weighted by atomic mass is 35.5. The van der Waals surface area contributed by atoms with Gasteiger partial charge >= 0.3 is 0 Å². The summed E-state index contributed by atoms with van der Waals surface area (Å²) in [5.74, 6) is -1.19. The van der Waals surface area contributed by atoms with Crippen LogP contribution >= 0.6 is 11.6 Å². The third-order valence-electron chi connectivity index (χ3n) is 3.08. The van der Waals surface area contributed by atoms with Crippen LogP contribution in [0.15, 0.2) is 18.2 Å². The molecular formula is C15H20ClFN2O3. The van der Waals surface area contributed by atoms with Crippen molar-refractivity contribution >= 4 is 23.4 Å². The minimum absolute atomic E-state index is 0.0236. The van der Waals surface area contributed by atoms with Gasteiger partial charge in [-0.1, -0.05) is 18.5 Å². The topological polar surface area (TPSA) is 78.4 Å². The molecule has 0 aliphatic heterocycles. The molecule has 2 amide bonds. The zero-order valence-corrected chi connectivity index (χ0v) is 13.1. The maximum absolute atomic E-state index is 12.9. The van der Waals surface area contributed by atoms with E-state index in [0.717, 1.165) is 12.1 Å². The van der Waals surface area contributed by atoms with E-state index in [1.54, 1.807) is 0 Å². The van der Waals surface area contributed by atoms with Crippen LogP contribution in [-0.4, -0.2) is 36.1 Å². The number of hydrogen-bond acceptors (Lipinski definition) is 3. The van der Waals surface area contributed by atoms with Crippen molar-refractivity contribution in [3.05, 3.63) is 34.6 Å². The molecular weight excluding hydrogens is 311 g/mol. The Labute approximate surface area is 133 Å². The molecule has 0 saturated carbocycles. The molecule has 0 aromatic heterocycles. The fourth-order valence-corrected chi connectivity index (χ4v) is 1.98. The van der Waals surface area contributed by atoms with Crippen molar-refractivity contribution < 1.29 is 19.1 Å². The number of nitrogens with one attached hydrogen (secondary N) is 2. The van der Waals surface area contributed by atoms with Crippen LogP contribution in [0, 0.1) is 5.82 Å². The van der Waals surface area contributed by atoms with Gasteiger partial charge in [0, 0.05) is 19.5 Å². The molecule has 0 fully saturated rings. The normalized spacial score (nSPS) is 11.8. The van der Waals surface area contributed by atoms with Gasteiger partial charge in [0.1, 0.15) is 5.82 Å². The molecule has 3 N–H and O–H groups in total. The smallest absolute Gasteiger partial charge is 0.252 e. The van der Waals surface area contributed by atoms with E-state index < -0.39 is 17.8 Å². The summed E-state index contributed by atoms with van der Waals surface area (Å²) >= 11 is 5.77. The Balaban J connectivity index is 2.28. The van der Waals surface area contributed by atoms with E-state index in [4.69, 9.17) is 11.6 Å². The second-order valence-electron chi connectivity index (χ2n) is 4.83. The first-order valence-corrected chi connectivity index (χ1v) is 7.49. The molecule has 0 bridgehead atoms. The van der Waals surface area contributed by atoms with E-state index in [0.29, 0.717) is 19.4 Å².